The monoisotopic (exact) mass is 408 g/mol. The van der Waals surface area contributed by atoms with Crippen molar-refractivity contribution >= 4 is 33.3 Å². The van der Waals surface area contributed by atoms with Crippen LogP contribution in [0.4, 0.5) is 0 Å². The third kappa shape index (κ3) is 3.51. The second kappa shape index (κ2) is 7.06. The minimum Gasteiger partial charge on any atom is -0.301 e. The Hall–Kier alpha value is -2.04. The Balaban J connectivity index is 1.82. The second-order valence-electron chi connectivity index (χ2n) is 5.98. The van der Waals surface area contributed by atoms with E-state index in [-0.39, 0.29) is 5.25 Å². The summed E-state index contributed by atoms with van der Waals surface area (Å²) in [5, 5.41) is 0.174. The van der Waals surface area contributed by atoms with Crippen molar-refractivity contribution < 1.29 is 0 Å². The van der Waals surface area contributed by atoms with Crippen LogP contribution in [0.5, 0.6) is 0 Å². The van der Waals surface area contributed by atoms with E-state index in [1.165, 1.54) is 21.7 Å². The third-order valence-corrected chi connectivity index (χ3v) is 5.91. The normalized spacial score (nSPS) is 12.4. The van der Waals surface area contributed by atoms with Crippen molar-refractivity contribution in [2.45, 2.75) is 17.1 Å². The maximum absolute atomic E-state index is 4.59. The molecule has 0 saturated heterocycles. The van der Waals surface area contributed by atoms with E-state index in [1.54, 1.807) is 0 Å². The Morgan fingerprint density at radius 3 is 2.48 bits per heavy atom. The van der Waals surface area contributed by atoms with Gasteiger partial charge in [0.15, 0.2) is 0 Å². The molecule has 0 aliphatic heterocycles. The van der Waals surface area contributed by atoms with Gasteiger partial charge in [-0.15, -0.1) is 11.8 Å². The standard InChI is InChI=1S/C21H17BrN2S/c1-15-7-10-18(11-8-15)25-21(16-5-3-2-4-6-16)19-13-23-20-12-9-17(22)14-24(19)20/h2-14,21H,1H3. The fourth-order valence-corrected chi connectivity index (χ4v) is 4.34. The van der Waals surface area contributed by atoms with Crippen molar-refractivity contribution in [1.29, 1.82) is 0 Å². The number of benzene rings is 2. The molecule has 0 bridgehead atoms. The molecule has 0 aliphatic rings. The third-order valence-electron chi connectivity index (χ3n) is 4.14. The number of aryl methyl sites for hydroxylation is 1. The van der Waals surface area contributed by atoms with E-state index >= 15 is 0 Å². The highest BCUT2D eigenvalue weighted by Crippen LogP contribution is 2.40. The van der Waals surface area contributed by atoms with Gasteiger partial charge in [-0.25, -0.2) is 4.98 Å². The summed E-state index contributed by atoms with van der Waals surface area (Å²) in [7, 11) is 0. The number of nitrogens with zero attached hydrogens (tertiary/aromatic N) is 2. The maximum atomic E-state index is 4.59. The summed E-state index contributed by atoms with van der Waals surface area (Å²) in [5.74, 6) is 0. The number of hydrogen-bond donors (Lipinski definition) is 0. The lowest BCUT2D eigenvalue weighted by molar-refractivity contribution is 1.00. The molecular weight excluding hydrogens is 392 g/mol. The fourth-order valence-electron chi connectivity index (χ4n) is 2.85. The van der Waals surface area contributed by atoms with Gasteiger partial charge in [0.2, 0.25) is 0 Å². The summed E-state index contributed by atoms with van der Waals surface area (Å²) in [6.07, 6.45) is 4.07. The first-order valence-electron chi connectivity index (χ1n) is 8.11. The van der Waals surface area contributed by atoms with Crippen LogP contribution in [0.25, 0.3) is 5.65 Å². The van der Waals surface area contributed by atoms with Crippen molar-refractivity contribution in [2.24, 2.45) is 0 Å². The van der Waals surface area contributed by atoms with Crippen LogP contribution in [0, 0.1) is 6.92 Å². The molecule has 0 fully saturated rings. The number of pyridine rings is 1. The Kier molecular flexibility index (Phi) is 4.64. The van der Waals surface area contributed by atoms with E-state index in [0.29, 0.717) is 0 Å². The predicted octanol–water partition coefficient (Wildman–Crippen LogP) is 6.29. The van der Waals surface area contributed by atoms with Crippen LogP contribution >= 0.6 is 27.7 Å². The van der Waals surface area contributed by atoms with Crippen LogP contribution in [0.2, 0.25) is 0 Å². The number of hydrogen-bond acceptors (Lipinski definition) is 2. The van der Waals surface area contributed by atoms with E-state index in [1.807, 2.05) is 30.1 Å². The fraction of sp³-hybridized carbons (Fsp3) is 0.0952. The number of aromatic nitrogens is 2. The van der Waals surface area contributed by atoms with E-state index in [2.05, 4.69) is 93.0 Å². The van der Waals surface area contributed by atoms with Gasteiger partial charge in [0.05, 0.1) is 17.1 Å². The summed E-state index contributed by atoms with van der Waals surface area (Å²) < 4.78 is 3.22. The molecule has 2 aromatic carbocycles. The highest BCUT2D eigenvalue weighted by Gasteiger charge is 2.20. The number of rotatable bonds is 4. The molecule has 0 N–H and O–H groups in total. The summed E-state index contributed by atoms with van der Waals surface area (Å²) >= 11 is 5.43. The SMILES string of the molecule is Cc1ccc(SC(c2ccccc2)c2cnc3ccc(Br)cn23)cc1. The number of fused-ring (bicyclic) bond motifs is 1. The lowest BCUT2D eigenvalue weighted by Crippen LogP contribution is -2.01. The molecule has 1 atom stereocenters. The van der Waals surface area contributed by atoms with Gasteiger partial charge in [-0.1, -0.05) is 48.0 Å². The average Bonchev–Trinajstić information content (AvgIpc) is 3.05. The molecule has 2 heterocycles. The summed E-state index contributed by atoms with van der Waals surface area (Å²) in [4.78, 5) is 5.84. The number of imidazole rings is 1. The van der Waals surface area contributed by atoms with Gasteiger partial charge in [0.25, 0.3) is 0 Å². The molecular formula is C21H17BrN2S. The molecule has 25 heavy (non-hydrogen) atoms. The summed E-state index contributed by atoms with van der Waals surface area (Å²) in [5.41, 5.74) is 4.69. The molecule has 4 aromatic rings. The molecule has 2 aromatic heterocycles. The molecule has 2 nitrogen and oxygen atoms in total. The lowest BCUT2D eigenvalue weighted by Gasteiger charge is -2.17. The highest BCUT2D eigenvalue weighted by atomic mass is 79.9. The van der Waals surface area contributed by atoms with Gasteiger partial charge in [0, 0.05) is 15.6 Å². The van der Waals surface area contributed by atoms with Crippen LogP contribution in [0.3, 0.4) is 0 Å². The van der Waals surface area contributed by atoms with Crippen LogP contribution in [0.1, 0.15) is 22.1 Å². The number of halogens is 1. The molecule has 1 unspecified atom stereocenters. The minimum atomic E-state index is 0.174. The van der Waals surface area contributed by atoms with E-state index in [9.17, 15) is 0 Å². The predicted molar refractivity (Wildman–Crippen MR) is 108 cm³/mol. The minimum absolute atomic E-state index is 0.174. The summed E-state index contributed by atoms with van der Waals surface area (Å²) in [6.45, 7) is 2.12. The average molecular weight is 409 g/mol. The zero-order chi connectivity index (χ0) is 17.2. The Labute approximate surface area is 160 Å². The molecule has 0 spiro atoms. The second-order valence-corrected chi connectivity index (χ2v) is 8.07. The first-order valence-corrected chi connectivity index (χ1v) is 9.79. The Morgan fingerprint density at radius 1 is 0.960 bits per heavy atom. The van der Waals surface area contributed by atoms with Gasteiger partial charge >= 0.3 is 0 Å². The van der Waals surface area contributed by atoms with Crippen LogP contribution < -0.4 is 0 Å². The van der Waals surface area contributed by atoms with Crippen molar-refractivity contribution in [2.75, 3.05) is 0 Å². The van der Waals surface area contributed by atoms with Gasteiger partial charge in [-0.2, -0.15) is 0 Å². The highest BCUT2D eigenvalue weighted by molar-refractivity contribution is 9.10. The quantitative estimate of drug-likeness (QED) is 0.369. The largest absolute Gasteiger partial charge is 0.301 e. The van der Waals surface area contributed by atoms with Crippen molar-refractivity contribution in [3.8, 4) is 0 Å². The van der Waals surface area contributed by atoms with Crippen LogP contribution in [-0.4, -0.2) is 9.38 Å². The molecule has 0 aliphatic carbocycles. The first-order chi connectivity index (χ1) is 12.2. The van der Waals surface area contributed by atoms with Gasteiger partial charge in [-0.3, -0.25) is 0 Å². The van der Waals surface area contributed by atoms with E-state index in [0.717, 1.165) is 10.1 Å². The first kappa shape index (κ1) is 16.4. The Bertz CT molecular complexity index is 994. The van der Waals surface area contributed by atoms with E-state index in [4.69, 9.17) is 0 Å². The van der Waals surface area contributed by atoms with Gasteiger partial charge in [0.1, 0.15) is 5.65 Å². The van der Waals surface area contributed by atoms with Crippen molar-refractivity contribution in [3.05, 3.63) is 100 Å². The molecule has 4 rings (SSSR count). The van der Waals surface area contributed by atoms with Gasteiger partial charge in [-0.05, 0) is 52.7 Å². The smallest absolute Gasteiger partial charge is 0.136 e. The summed E-state index contributed by atoms with van der Waals surface area (Å²) in [6, 6.07) is 23.4. The van der Waals surface area contributed by atoms with E-state index < -0.39 is 0 Å². The lowest BCUT2D eigenvalue weighted by atomic mass is 10.1. The number of thioether (sulfide) groups is 1. The van der Waals surface area contributed by atoms with Crippen molar-refractivity contribution in [1.82, 2.24) is 9.38 Å². The zero-order valence-electron chi connectivity index (χ0n) is 13.8. The Morgan fingerprint density at radius 2 is 1.72 bits per heavy atom. The van der Waals surface area contributed by atoms with Gasteiger partial charge < -0.3 is 4.40 Å². The van der Waals surface area contributed by atoms with Crippen LogP contribution in [0.15, 0.2) is 88.5 Å². The molecule has 4 heteroatoms. The topological polar surface area (TPSA) is 17.3 Å². The molecule has 0 saturated carbocycles. The van der Waals surface area contributed by atoms with Crippen LogP contribution in [-0.2, 0) is 0 Å². The molecule has 0 amide bonds. The zero-order valence-corrected chi connectivity index (χ0v) is 16.2. The van der Waals surface area contributed by atoms with Crippen molar-refractivity contribution in [3.63, 3.8) is 0 Å². The molecule has 0 radical (unpaired) electrons. The maximum Gasteiger partial charge on any atom is 0.136 e. The molecule has 124 valence electrons.